The summed E-state index contributed by atoms with van der Waals surface area (Å²) < 4.78 is 0. The molecule has 0 bridgehead atoms. The van der Waals surface area contributed by atoms with E-state index in [-0.39, 0.29) is 0 Å². The van der Waals surface area contributed by atoms with Crippen molar-refractivity contribution < 1.29 is 0 Å². The van der Waals surface area contributed by atoms with Crippen LogP contribution < -0.4 is 5.32 Å². The Morgan fingerprint density at radius 3 is 2.36 bits per heavy atom. The molecule has 0 aliphatic heterocycles. The van der Waals surface area contributed by atoms with Crippen LogP contribution in [-0.4, -0.2) is 4.98 Å². The van der Waals surface area contributed by atoms with E-state index in [1.165, 1.54) is 22.4 Å². The van der Waals surface area contributed by atoms with Crippen molar-refractivity contribution in [1.29, 1.82) is 0 Å². The van der Waals surface area contributed by atoms with Crippen molar-refractivity contribution in [2.24, 2.45) is 5.92 Å². The SMILES string of the molecule is C1=CCC(C2=CCCC=C2Nc2ccc(-c3ccncc3)cc2)C=C1. The van der Waals surface area contributed by atoms with Gasteiger partial charge in [-0.3, -0.25) is 4.98 Å². The summed E-state index contributed by atoms with van der Waals surface area (Å²) in [5.74, 6) is 0.486. The molecule has 0 saturated carbocycles. The molecule has 2 aliphatic carbocycles. The molecule has 1 unspecified atom stereocenters. The zero-order valence-electron chi connectivity index (χ0n) is 14.2. The number of anilines is 1. The molecule has 0 saturated heterocycles. The fourth-order valence-corrected chi connectivity index (χ4v) is 3.43. The van der Waals surface area contributed by atoms with E-state index in [2.05, 4.69) is 71.0 Å². The monoisotopic (exact) mass is 326 g/mol. The fraction of sp³-hybridized carbons (Fsp3) is 0.174. The summed E-state index contributed by atoms with van der Waals surface area (Å²) >= 11 is 0. The van der Waals surface area contributed by atoms with Crippen LogP contribution in [0.2, 0.25) is 0 Å². The molecule has 1 heterocycles. The Kier molecular flexibility index (Phi) is 4.60. The minimum Gasteiger partial charge on any atom is -0.356 e. The highest BCUT2D eigenvalue weighted by Gasteiger charge is 2.17. The van der Waals surface area contributed by atoms with Gasteiger partial charge in [-0.05, 0) is 60.2 Å². The quantitative estimate of drug-likeness (QED) is 0.757. The first-order valence-corrected chi connectivity index (χ1v) is 8.91. The number of hydrogen-bond donors (Lipinski definition) is 1. The number of benzene rings is 1. The lowest BCUT2D eigenvalue weighted by Crippen LogP contribution is -2.13. The van der Waals surface area contributed by atoms with Gasteiger partial charge < -0.3 is 5.32 Å². The molecular weight excluding hydrogens is 304 g/mol. The zero-order valence-corrected chi connectivity index (χ0v) is 14.2. The van der Waals surface area contributed by atoms with Gasteiger partial charge in [0.25, 0.3) is 0 Å². The van der Waals surface area contributed by atoms with E-state index in [0.717, 1.165) is 24.9 Å². The van der Waals surface area contributed by atoms with Gasteiger partial charge in [0, 0.05) is 29.7 Å². The number of rotatable bonds is 4. The molecule has 2 aromatic rings. The second-order valence-electron chi connectivity index (χ2n) is 6.45. The van der Waals surface area contributed by atoms with Crippen molar-refractivity contribution in [2.75, 3.05) is 5.32 Å². The normalized spacial score (nSPS) is 19.3. The van der Waals surface area contributed by atoms with E-state index >= 15 is 0 Å². The first kappa shape index (κ1) is 15.6. The lowest BCUT2D eigenvalue weighted by Gasteiger charge is -2.24. The molecule has 4 rings (SSSR count). The Bertz CT molecular complexity index is 839. The number of aromatic nitrogens is 1. The third-order valence-electron chi connectivity index (χ3n) is 4.75. The van der Waals surface area contributed by atoms with Crippen LogP contribution >= 0.6 is 0 Å². The van der Waals surface area contributed by atoms with E-state index in [1.807, 2.05) is 24.5 Å². The second kappa shape index (κ2) is 7.35. The van der Waals surface area contributed by atoms with Crippen molar-refractivity contribution in [3.05, 3.63) is 96.5 Å². The summed E-state index contributed by atoms with van der Waals surface area (Å²) in [5.41, 5.74) is 6.21. The lowest BCUT2D eigenvalue weighted by molar-refractivity contribution is 0.756. The first-order chi connectivity index (χ1) is 12.4. The van der Waals surface area contributed by atoms with Gasteiger partial charge in [0.05, 0.1) is 0 Å². The minimum absolute atomic E-state index is 0.486. The van der Waals surface area contributed by atoms with Gasteiger partial charge in [0.1, 0.15) is 0 Å². The van der Waals surface area contributed by atoms with E-state index in [0.29, 0.717) is 5.92 Å². The highest BCUT2D eigenvalue weighted by Crippen LogP contribution is 2.32. The molecule has 1 atom stereocenters. The Morgan fingerprint density at radius 1 is 0.840 bits per heavy atom. The average molecular weight is 326 g/mol. The summed E-state index contributed by atoms with van der Waals surface area (Å²) in [4.78, 5) is 4.08. The summed E-state index contributed by atoms with van der Waals surface area (Å²) in [7, 11) is 0. The topological polar surface area (TPSA) is 24.9 Å². The zero-order chi connectivity index (χ0) is 16.9. The van der Waals surface area contributed by atoms with Gasteiger partial charge in [-0.1, -0.05) is 48.6 Å². The summed E-state index contributed by atoms with van der Waals surface area (Å²) in [6, 6.07) is 12.7. The Balaban J connectivity index is 1.51. The van der Waals surface area contributed by atoms with Gasteiger partial charge in [0.15, 0.2) is 0 Å². The van der Waals surface area contributed by atoms with E-state index in [9.17, 15) is 0 Å². The van der Waals surface area contributed by atoms with Crippen molar-refractivity contribution in [3.8, 4) is 11.1 Å². The predicted octanol–water partition coefficient (Wildman–Crippen LogP) is 5.90. The molecule has 0 fully saturated rings. The standard InChI is InChI=1S/C23H22N2/c1-2-6-20(7-3-1)22-8-4-5-9-23(22)25-21-12-10-18(11-13-21)19-14-16-24-17-15-19/h1-3,6,8-17,20,25H,4-5,7H2. The molecule has 0 amide bonds. The average Bonchev–Trinajstić information content (AvgIpc) is 2.70. The maximum Gasteiger partial charge on any atom is 0.0384 e. The first-order valence-electron chi connectivity index (χ1n) is 8.91. The van der Waals surface area contributed by atoms with Crippen molar-refractivity contribution in [1.82, 2.24) is 4.98 Å². The maximum atomic E-state index is 4.08. The van der Waals surface area contributed by atoms with Crippen LogP contribution in [0.15, 0.2) is 96.5 Å². The predicted molar refractivity (Wildman–Crippen MR) is 105 cm³/mol. The van der Waals surface area contributed by atoms with Crippen LogP contribution in [0.4, 0.5) is 5.69 Å². The van der Waals surface area contributed by atoms with E-state index < -0.39 is 0 Å². The molecule has 124 valence electrons. The molecule has 1 aromatic carbocycles. The smallest absolute Gasteiger partial charge is 0.0384 e. The molecule has 0 spiro atoms. The summed E-state index contributed by atoms with van der Waals surface area (Å²) in [6.07, 6.45) is 20.6. The van der Waals surface area contributed by atoms with Crippen LogP contribution in [0.1, 0.15) is 19.3 Å². The lowest BCUT2D eigenvalue weighted by atomic mass is 9.86. The van der Waals surface area contributed by atoms with Gasteiger partial charge in [-0.2, -0.15) is 0 Å². The Hall–Kier alpha value is -2.87. The molecule has 2 aliphatic rings. The van der Waals surface area contributed by atoms with Crippen molar-refractivity contribution in [3.63, 3.8) is 0 Å². The number of hydrogen-bond acceptors (Lipinski definition) is 2. The number of nitrogens with zero attached hydrogens (tertiary/aromatic N) is 1. The number of pyridine rings is 1. The van der Waals surface area contributed by atoms with Crippen LogP contribution in [0.25, 0.3) is 11.1 Å². The molecule has 0 radical (unpaired) electrons. The van der Waals surface area contributed by atoms with Gasteiger partial charge >= 0.3 is 0 Å². The second-order valence-corrected chi connectivity index (χ2v) is 6.45. The summed E-state index contributed by atoms with van der Waals surface area (Å²) in [5, 5.41) is 3.63. The third-order valence-corrected chi connectivity index (χ3v) is 4.75. The number of allylic oxidation sites excluding steroid dienone is 7. The highest BCUT2D eigenvalue weighted by atomic mass is 14.9. The molecular formula is C23H22N2. The third kappa shape index (κ3) is 3.63. The molecule has 25 heavy (non-hydrogen) atoms. The van der Waals surface area contributed by atoms with Crippen LogP contribution in [-0.2, 0) is 0 Å². The minimum atomic E-state index is 0.486. The number of nitrogens with one attached hydrogen (secondary N) is 1. The Labute approximate surface area is 149 Å². The van der Waals surface area contributed by atoms with Crippen molar-refractivity contribution >= 4 is 5.69 Å². The maximum absolute atomic E-state index is 4.08. The molecule has 1 aromatic heterocycles. The summed E-state index contributed by atoms with van der Waals surface area (Å²) in [6.45, 7) is 0. The van der Waals surface area contributed by atoms with Gasteiger partial charge in [0.2, 0.25) is 0 Å². The van der Waals surface area contributed by atoms with Crippen LogP contribution in [0.5, 0.6) is 0 Å². The molecule has 2 nitrogen and oxygen atoms in total. The van der Waals surface area contributed by atoms with Crippen molar-refractivity contribution in [2.45, 2.75) is 19.3 Å². The van der Waals surface area contributed by atoms with Crippen LogP contribution in [0, 0.1) is 5.92 Å². The van der Waals surface area contributed by atoms with E-state index in [1.54, 1.807) is 0 Å². The van der Waals surface area contributed by atoms with Gasteiger partial charge in [-0.25, -0.2) is 0 Å². The van der Waals surface area contributed by atoms with E-state index in [4.69, 9.17) is 0 Å². The fourth-order valence-electron chi connectivity index (χ4n) is 3.43. The molecule has 2 heteroatoms. The van der Waals surface area contributed by atoms with Gasteiger partial charge in [-0.15, -0.1) is 0 Å². The largest absolute Gasteiger partial charge is 0.356 e. The molecule has 1 N–H and O–H groups in total. The Morgan fingerprint density at radius 2 is 1.60 bits per heavy atom. The highest BCUT2D eigenvalue weighted by molar-refractivity contribution is 5.66. The van der Waals surface area contributed by atoms with Crippen LogP contribution in [0.3, 0.4) is 0 Å².